The molecule has 31 heavy (non-hydrogen) atoms. The van der Waals surface area contributed by atoms with Crippen LogP contribution in [0.25, 0.3) is 0 Å². The highest BCUT2D eigenvalue weighted by atomic mass is 32.2. The Morgan fingerprint density at radius 1 is 1.03 bits per heavy atom. The second kappa shape index (κ2) is 10.6. The number of aryl methyl sites for hydroxylation is 1. The molecule has 0 bridgehead atoms. The smallest absolute Gasteiger partial charge is 0.262 e. The van der Waals surface area contributed by atoms with Crippen molar-refractivity contribution in [3.63, 3.8) is 0 Å². The third-order valence-electron chi connectivity index (χ3n) is 5.36. The van der Waals surface area contributed by atoms with Gasteiger partial charge < -0.3 is 14.8 Å². The zero-order valence-electron chi connectivity index (χ0n) is 18.1. The minimum absolute atomic E-state index is 0.141. The van der Waals surface area contributed by atoms with Crippen LogP contribution in [-0.4, -0.2) is 45.4 Å². The summed E-state index contributed by atoms with van der Waals surface area (Å²) in [6.07, 6.45) is 4.58. The Morgan fingerprint density at radius 3 is 2.42 bits per heavy atom. The Kier molecular flexibility index (Phi) is 7.92. The maximum atomic E-state index is 13.1. The van der Waals surface area contributed by atoms with Crippen molar-refractivity contribution in [3.8, 4) is 11.5 Å². The lowest BCUT2D eigenvalue weighted by molar-refractivity contribution is -0.118. The molecule has 7 nitrogen and oxygen atoms in total. The molecule has 2 aromatic carbocycles. The van der Waals surface area contributed by atoms with E-state index < -0.39 is 15.9 Å². The van der Waals surface area contributed by atoms with Gasteiger partial charge in [-0.05, 0) is 49.1 Å². The summed E-state index contributed by atoms with van der Waals surface area (Å²) in [7, 11) is -2.16. The van der Waals surface area contributed by atoms with Gasteiger partial charge in [-0.25, -0.2) is 8.42 Å². The number of benzene rings is 2. The van der Waals surface area contributed by atoms with Crippen LogP contribution in [0, 0.1) is 0 Å². The predicted molar refractivity (Wildman–Crippen MR) is 120 cm³/mol. The minimum atomic E-state index is -3.64. The third kappa shape index (κ3) is 5.77. The van der Waals surface area contributed by atoms with Crippen LogP contribution in [0.4, 0.5) is 5.69 Å². The first-order chi connectivity index (χ1) is 15.0. The number of carbonyl (C=O) groups is 1. The van der Waals surface area contributed by atoms with Gasteiger partial charge in [0.15, 0.2) is 6.61 Å². The molecule has 168 valence electrons. The monoisotopic (exact) mass is 446 g/mol. The normalized spacial score (nSPS) is 15.2. The average molecular weight is 447 g/mol. The lowest BCUT2D eigenvalue weighted by atomic mass is 10.1. The fourth-order valence-electron chi connectivity index (χ4n) is 3.64. The van der Waals surface area contributed by atoms with Gasteiger partial charge in [0.1, 0.15) is 11.5 Å². The molecule has 0 atom stereocenters. The van der Waals surface area contributed by atoms with Crippen LogP contribution in [0.2, 0.25) is 0 Å². The maximum absolute atomic E-state index is 13.1. The summed E-state index contributed by atoms with van der Waals surface area (Å²) >= 11 is 0. The molecule has 1 saturated heterocycles. The molecule has 0 saturated carbocycles. The van der Waals surface area contributed by atoms with Gasteiger partial charge in [0.05, 0.1) is 17.7 Å². The number of ether oxygens (including phenoxy) is 2. The van der Waals surface area contributed by atoms with Crippen molar-refractivity contribution >= 4 is 21.6 Å². The first-order valence-corrected chi connectivity index (χ1v) is 12.1. The highest BCUT2D eigenvalue weighted by molar-refractivity contribution is 7.89. The van der Waals surface area contributed by atoms with E-state index >= 15 is 0 Å². The fraction of sp³-hybridized carbons (Fsp3) is 0.435. The van der Waals surface area contributed by atoms with Crippen LogP contribution in [0.15, 0.2) is 47.4 Å². The van der Waals surface area contributed by atoms with E-state index in [0.29, 0.717) is 30.3 Å². The number of amides is 1. The Bertz CT molecular complexity index is 999. The molecule has 1 fully saturated rings. The minimum Gasteiger partial charge on any atom is -0.495 e. The first-order valence-electron chi connectivity index (χ1n) is 10.6. The predicted octanol–water partition coefficient (Wildman–Crippen LogP) is 3.84. The number of carbonyl (C=O) groups excluding carboxylic acids is 1. The van der Waals surface area contributed by atoms with E-state index in [2.05, 4.69) is 5.32 Å². The summed E-state index contributed by atoms with van der Waals surface area (Å²) in [5.74, 6) is 0.648. The third-order valence-corrected chi connectivity index (χ3v) is 7.25. The number of nitrogens with zero attached hydrogens (tertiary/aromatic N) is 1. The molecule has 0 radical (unpaired) electrons. The van der Waals surface area contributed by atoms with Crippen LogP contribution in [-0.2, 0) is 21.2 Å². The number of sulfonamides is 1. The molecule has 8 heteroatoms. The van der Waals surface area contributed by atoms with E-state index in [1.165, 1.54) is 23.5 Å². The lowest BCUT2D eigenvalue weighted by Gasteiger charge is -2.21. The number of anilines is 1. The van der Waals surface area contributed by atoms with E-state index in [1.807, 2.05) is 31.2 Å². The summed E-state index contributed by atoms with van der Waals surface area (Å²) in [4.78, 5) is 12.7. The highest BCUT2D eigenvalue weighted by Crippen LogP contribution is 2.30. The first kappa shape index (κ1) is 23.1. The zero-order chi connectivity index (χ0) is 22.3. The number of rotatable bonds is 8. The second-order valence-corrected chi connectivity index (χ2v) is 9.42. The summed E-state index contributed by atoms with van der Waals surface area (Å²) in [5, 5.41) is 2.73. The number of para-hydroxylation sites is 1. The summed E-state index contributed by atoms with van der Waals surface area (Å²) in [6.45, 7) is 2.86. The zero-order valence-corrected chi connectivity index (χ0v) is 18.9. The van der Waals surface area contributed by atoms with Crippen molar-refractivity contribution in [1.82, 2.24) is 4.31 Å². The second-order valence-electron chi connectivity index (χ2n) is 7.48. The molecular formula is C23H30N2O5S. The van der Waals surface area contributed by atoms with E-state index in [1.54, 1.807) is 6.07 Å². The fourth-order valence-corrected chi connectivity index (χ4v) is 5.19. The van der Waals surface area contributed by atoms with Crippen LogP contribution in [0.1, 0.15) is 38.2 Å². The Hall–Kier alpha value is -2.58. The van der Waals surface area contributed by atoms with Crippen molar-refractivity contribution in [3.05, 3.63) is 48.0 Å². The van der Waals surface area contributed by atoms with Gasteiger partial charge in [-0.2, -0.15) is 4.31 Å². The summed E-state index contributed by atoms with van der Waals surface area (Å²) < 4.78 is 38.7. The van der Waals surface area contributed by atoms with Crippen molar-refractivity contribution < 1.29 is 22.7 Å². The van der Waals surface area contributed by atoms with E-state index in [0.717, 1.165) is 37.7 Å². The Morgan fingerprint density at radius 2 is 1.74 bits per heavy atom. The molecule has 3 rings (SSSR count). The van der Waals surface area contributed by atoms with Crippen molar-refractivity contribution in [2.45, 2.75) is 43.9 Å². The number of hydrogen-bond donors (Lipinski definition) is 1. The number of hydrogen-bond acceptors (Lipinski definition) is 5. The maximum Gasteiger partial charge on any atom is 0.262 e. The molecule has 0 aliphatic carbocycles. The standard InChI is InChI=1S/C23H30N2O5S/c1-3-18-10-6-7-11-21(18)30-17-23(26)24-20-16-19(12-13-22(20)29-2)31(27,28)25-14-8-4-5-9-15-25/h6-7,10-13,16H,3-5,8-9,14-15,17H2,1-2H3,(H,24,26). The highest BCUT2D eigenvalue weighted by Gasteiger charge is 2.26. The largest absolute Gasteiger partial charge is 0.495 e. The molecule has 1 amide bonds. The van der Waals surface area contributed by atoms with Gasteiger partial charge in [-0.3, -0.25) is 4.79 Å². The Labute approximate surface area is 184 Å². The quantitative estimate of drug-likeness (QED) is 0.666. The topological polar surface area (TPSA) is 84.9 Å². The molecule has 0 unspecified atom stereocenters. The van der Waals surface area contributed by atoms with Gasteiger partial charge in [0, 0.05) is 13.1 Å². The molecule has 2 aromatic rings. The van der Waals surface area contributed by atoms with Crippen LogP contribution < -0.4 is 14.8 Å². The SMILES string of the molecule is CCc1ccccc1OCC(=O)Nc1cc(S(=O)(=O)N2CCCCCC2)ccc1OC. The van der Waals surface area contributed by atoms with Gasteiger partial charge >= 0.3 is 0 Å². The molecule has 0 aromatic heterocycles. The molecule has 1 aliphatic heterocycles. The summed E-state index contributed by atoms with van der Waals surface area (Å²) in [6, 6.07) is 12.1. The van der Waals surface area contributed by atoms with Gasteiger partial charge in [-0.1, -0.05) is 38.0 Å². The van der Waals surface area contributed by atoms with Crippen LogP contribution in [0.3, 0.4) is 0 Å². The molecule has 0 spiro atoms. The van der Waals surface area contributed by atoms with E-state index in [9.17, 15) is 13.2 Å². The van der Waals surface area contributed by atoms with Crippen LogP contribution >= 0.6 is 0 Å². The van der Waals surface area contributed by atoms with Crippen molar-refractivity contribution in [1.29, 1.82) is 0 Å². The molecule has 1 N–H and O–H groups in total. The van der Waals surface area contributed by atoms with Crippen LogP contribution in [0.5, 0.6) is 11.5 Å². The molecular weight excluding hydrogens is 416 g/mol. The van der Waals surface area contributed by atoms with Crippen molar-refractivity contribution in [2.75, 3.05) is 32.1 Å². The lowest BCUT2D eigenvalue weighted by Crippen LogP contribution is -2.32. The Balaban J connectivity index is 1.75. The average Bonchev–Trinajstić information content (AvgIpc) is 3.08. The summed E-state index contributed by atoms with van der Waals surface area (Å²) in [5.41, 5.74) is 1.31. The van der Waals surface area contributed by atoms with E-state index in [4.69, 9.17) is 9.47 Å². The van der Waals surface area contributed by atoms with Gasteiger partial charge in [0.2, 0.25) is 10.0 Å². The van der Waals surface area contributed by atoms with Crippen molar-refractivity contribution in [2.24, 2.45) is 0 Å². The number of methoxy groups -OCH3 is 1. The van der Waals surface area contributed by atoms with Gasteiger partial charge in [-0.15, -0.1) is 0 Å². The number of nitrogens with one attached hydrogen (secondary N) is 1. The van der Waals surface area contributed by atoms with E-state index in [-0.39, 0.29) is 11.5 Å². The molecule has 1 heterocycles. The molecule has 1 aliphatic rings. The van der Waals surface area contributed by atoms with Gasteiger partial charge in [0.25, 0.3) is 5.91 Å².